The quantitative estimate of drug-likeness (QED) is 0.539. The average Bonchev–Trinajstić information content (AvgIpc) is 2.32. The van der Waals surface area contributed by atoms with Gasteiger partial charge in [0, 0.05) is 20.2 Å². The van der Waals surface area contributed by atoms with E-state index in [9.17, 15) is 9.59 Å². The molecular formula is C13H26N2O4. The first-order chi connectivity index (χ1) is 8.95. The molecule has 0 aromatic carbocycles. The second kappa shape index (κ2) is 10.8. The Labute approximate surface area is 115 Å². The molecule has 0 aromatic rings. The van der Waals surface area contributed by atoms with Crippen molar-refractivity contribution in [2.24, 2.45) is 5.92 Å². The van der Waals surface area contributed by atoms with Crippen LogP contribution in [0.15, 0.2) is 0 Å². The number of aliphatic carboxylic acids is 1. The van der Waals surface area contributed by atoms with Gasteiger partial charge in [-0.15, -0.1) is 0 Å². The largest absolute Gasteiger partial charge is 0.481 e. The van der Waals surface area contributed by atoms with Crippen LogP contribution in [0.25, 0.3) is 0 Å². The fraction of sp³-hybridized carbons (Fsp3) is 0.846. The van der Waals surface area contributed by atoms with Crippen LogP contribution in [0.4, 0.5) is 0 Å². The molecule has 0 saturated carbocycles. The molecule has 0 aliphatic rings. The molecule has 0 aliphatic carbocycles. The lowest BCUT2D eigenvalue weighted by Gasteiger charge is -2.21. The topological polar surface area (TPSA) is 78.9 Å². The number of carboxylic acid groups (broad SMARTS) is 1. The van der Waals surface area contributed by atoms with Crippen molar-refractivity contribution >= 4 is 11.9 Å². The van der Waals surface area contributed by atoms with E-state index in [-0.39, 0.29) is 18.9 Å². The SMILES string of the molecule is COCCNC(=O)CN(CCC(=O)O)CCC(C)C. The van der Waals surface area contributed by atoms with Gasteiger partial charge in [0.2, 0.25) is 5.91 Å². The van der Waals surface area contributed by atoms with Gasteiger partial charge in [-0.3, -0.25) is 14.5 Å². The molecule has 0 unspecified atom stereocenters. The number of nitrogens with zero attached hydrogens (tertiary/aromatic N) is 1. The number of carbonyl (C=O) groups excluding carboxylic acids is 1. The highest BCUT2D eigenvalue weighted by Crippen LogP contribution is 2.02. The monoisotopic (exact) mass is 274 g/mol. The Hall–Kier alpha value is -1.14. The number of hydrogen-bond acceptors (Lipinski definition) is 4. The maximum atomic E-state index is 11.7. The highest BCUT2D eigenvalue weighted by atomic mass is 16.5. The number of carboxylic acids is 1. The smallest absolute Gasteiger partial charge is 0.304 e. The van der Waals surface area contributed by atoms with Gasteiger partial charge in [0.25, 0.3) is 0 Å². The number of rotatable bonds is 11. The Kier molecular flexibility index (Phi) is 10.1. The Balaban J connectivity index is 4.07. The number of ether oxygens (including phenoxy) is 1. The summed E-state index contributed by atoms with van der Waals surface area (Å²) in [5.41, 5.74) is 0. The van der Waals surface area contributed by atoms with Crippen molar-refractivity contribution in [1.29, 1.82) is 0 Å². The van der Waals surface area contributed by atoms with E-state index in [1.54, 1.807) is 7.11 Å². The lowest BCUT2D eigenvalue weighted by molar-refractivity contribution is -0.137. The van der Waals surface area contributed by atoms with Gasteiger partial charge in [-0.2, -0.15) is 0 Å². The van der Waals surface area contributed by atoms with Crippen molar-refractivity contribution in [2.45, 2.75) is 26.7 Å². The molecule has 6 heteroatoms. The van der Waals surface area contributed by atoms with Gasteiger partial charge in [0.15, 0.2) is 0 Å². The lowest BCUT2D eigenvalue weighted by atomic mass is 10.1. The summed E-state index contributed by atoms with van der Waals surface area (Å²) in [6.45, 7) is 6.55. The molecule has 6 nitrogen and oxygen atoms in total. The summed E-state index contributed by atoms with van der Waals surface area (Å²) in [4.78, 5) is 24.1. The van der Waals surface area contributed by atoms with Gasteiger partial charge >= 0.3 is 5.97 Å². The van der Waals surface area contributed by atoms with Crippen LogP contribution in [-0.2, 0) is 14.3 Å². The van der Waals surface area contributed by atoms with Gasteiger partial charge < -0.3 is 15.2 Å². The van der Waals surface area contributed by atoms with Gasteiger partial charge in [-0.05, 0) is 18.9 Å². The van der Waals surface area contributed by atoms with Crippen LogP contribution in [0.2, 0.25) is 0 Å². The van der Waals surface area contributed by atoms with E-state index >= 15 is 0 Å². The number of nitrogens with one attached hydrogen (secondary N) is 1. The third-order valence-corrected chi connectivity index (χ3v) is 2.66. The van der Waals surface area contributed by atoms with E-state index < -0.39 is 5.97 Å². The van der Waals surface area contributed by atoms with Crippen LogP contribution in [0.5, 0.6) is 0 Å². The Bertz CT molecular complexity index is 269. The molecule has 0 fully saturated rings. The fourth-order valence-electron chi connectivity index (χ4n) is 1.52. The molecule has 0 atom stereocenters. The molecule has 0 saturated heterocycles. The van der Waals surface area contributed by atoms with E-state index in [2.05, 4.69) is 19.2 Å². The molecular weight excluding hydrogens is 248 g/mol. The summed E-state index contributed by atoms with van der Waals surface area (Å²) in [5.74, 6) is -0.399. The normalized spacial score (nSPS) is 11.0. The standard InChI is InChI=1S/C13H26N2O4/c1-11(2)4-7-15(8-5-13(17)18)10-12(16)14-6-9-19-3/h11H,4-10H2,1-3H3,(H,14,16)(H,17,18). The van der Waals surface area contributed by atoms with Gasteiger partial charge in [-0.1, -0.05) is 13.8 Å². The molecule has 0 bridgehead atoms. The molecule has 112 valence electrons. The first-order valence-electron chi connectivity index (χ1n) is 6.65. The van der Waals surface area contributed by atoms with Crippen LogP contribution in [0, 0.1) is 5.92 Å². The van der Waals surface area contributed by atoms with Crippen molar-refractivity contribution in [2.75, 3.05) is 39.9 Å². The highest BCUT2D eigenvalue weighted by molar-refractivity contribution is 5.78. The molecule has 0 aromatic heterocycles. The van der Waals surface area contributed by atoms with Crippen molar-refractivity contribution in [3.63, 3.8) is 0 Å². The molecule has 0 heterocycles. The van der Waals surface area contributed by atoms with Gasteiger partial charge in [0.05, 0.1) is 19.6 Å². The predicted molar refractivity (Wildman–Crippen MR) is 73.0 cm³/mol. The summed E-state index contributed by atoms with van der Waals surface area (Å²) in [5, 5.41) is 11.4. The van der Waals surface area contributed by atoms with Crippen LogP contribution in [0.3, 0.4) is 0 Å². The summed E-state index contributed by atoms with van der Waals surface area (Å²) in [7, 11) is 1.58. The summed E-state index contributed by atoms with van der Waals surface area (Å²) < 4.78 is 4.85. The molecule has 0 rings (SSSR count). The maximum absolute atomic E-state index is 11.7. The first-order valence-corrected chi connectivity index (χ1v) is 6.65. The predicted octanol–water partition coefficient (Wildman–Crippen LogP) is 0.572. The van der Waals surface area contributed by atoms with E-state index in [4.69, 9.17) is 9.84 Å². The van der Waals surface area contributed by atoms with Crippen molar-refractivity contribution in [1.82, 2.24) is 10.2 Å². The van der Waals surface area contributed by atoms with Gasteiger partial charge in [-0.25, -0.2) is 0 Å². The van der Waals surface area contributed by atoms with E-state index in [0.717, 1.165) is 13.0 Å². The first kappa shape index (κ1) is 17.9. The average molecular weight is 274 g/mol. The zero-order valence-electron chi connectivity index (χ0n) is 12.1. The molecule has 1 amide bonds. The molecule has 0 radical (unpaired) electrons. The minimum atomic E-state index is -0.839. The number of hydrogen-bond donors (Lipinski definition) is 2. The van der Waals surface area contributed by atoms with Crippen LogP contribution in [0.1, 0.15) is 26.7 Å². The zero-order valence-corrected chi connectivity index (χ0v) is 12.1. The van der Waals surface area contributed by atoms with E-state index in [1.807, 2.05) is 4.90 Å². The second-order valence-corrected chi connectivity index (χ2v) is 4.95. The Morgan fingerprint density at radius 2 is 2.00 bits per heavy atom. The molecule has 19 heavy (non-hydrogen) atoms. The van der Waals surface area contributed by atoms with Crippen LogP contribution < -0.4 is 5.32 Å². The van der Waals surface area contributed by atoms with Crippen LogP contribution in [-0.4, -0.2) is 61.8 Å². The summed E-state index contributed by atoms with van der Waals surface area (Å²) in [6, 6.07) is 0. The highest BCUT2D eigenvalue weighted by Gasteiger charge is 2.12. The molecule has 2 N–H and O–H groups in total. The molecule has 0 aliphatic heterocycles. The van der Waals surface area contributed by atoms with E-state index in [1.165, 1.54) is 0 Å². The number of amides is 1. The zero-order chi connectivity index (χ0) is 14.7. The fourth-order valence-corrected chi connectivity index (χ4v) is 1.52. The Morgan fingerprint density at radius 1 is 1.32 bits per heavy atom. The number of methoxy groups -OCH3 is 1. The molecule has 0 spiro atoms. The van der Waals surface area contributed by atoms with E-state index in [0.29, 0.717) is 25.6 Å². The minimum Gasteiger partial charge on any atom is -0.481 e. The maximum Gasteiger partial charge on any atom is 0.304 e. The lowest BCUT2D eigenvalue weighted by Crippen LogP contribution is -2.40. The summed E-state index contributed by atoms with van der Waals surface area (Å²) >= 11 is 0. The third-order valence-electron chi connectivity index (χ3n) is 2.66. The third kappa shape index (κ3) is 11.7. The minimum absolute atomic E-state index is 0.0590. The van der Waals surface area contributed by atoms with Gasteiger partial charge in [0.1, 0.15) is 0 Å². The Morgan fingerprint density at radius 3 is 2.53 bits per heavy atom. The summed E-state index contributed by atoms with van der Waals surface area (Å²) in [6.07, 6.45) is 1.01. The van der Waals surface area contributed by atoms with Crippen molar-refractivity contribution in [3.8, 4) is 0 Å². The second-order valence-electron chi connectivity index (χ2n) is 4.95. The number of carbonyl (C=O) groups is 2. The van der Waals surface area contributed by atoms with Crippen molar-refractivity contribution < 1.29 is 19.4 Å². The van der Waals surface area contributed by atoms with Crippen LogP contribution >= 0.6 is 0 Å². The van der Waals surface area contributed by atoms with Crippen molar-refractivity contribution in [3.05, 3.63) is 0 Å².